The first-order valence-corrected chi connectivity index (χ1v) is 11.3. The molecule has 6 heteroatoms. The van der Waals surface area contributed by atoms with Gasteiger partial charge in [0.25, 0.3) is 5.91 Å². The average molecular weight is 412 g/mol. The molecule has 6 nitrogen and oxygen atoms in total. The number of carbonyl (C=O) groups is 2. The van der Waals surface area contributed by atoms with Crippen molar-refractivity contribution in [1.82, 2.24) is 4.90 Å². The van der Waals surface area contributed by atoms with E-state index in [1.165, 1.54) is 70.8 Å². The van der Waals surface area contributed by atoms with Crippen LogP contribution in [0.1, 0.15) is 91.4 Å². The normalized spacial score (nSPS) is 18.8. The molecular formula is C23H41NO5. The lowest BCUT2D eigenvalue weighted by atomic mass is 9.90. The number of ether oxygens (including phenoxy) is 1. The van der Waals surface area contributed by atoms with Crippen LogP contribution in [0.25, 0.3) is 0 Å². The molecule has 1 unspecified atom stereocenters. The first-order chi connectivity index (χ1) is 13.8. The number of unbranched alkanes of at least 4 members (excludes halogenated alkanes) is 9. The summed E-state index contributed by atoms with van der Waals surface area (Å²) in [4.78, 5) is 25.1. The fraction of sp³-hybridized carbons (Fsp3) is 0.826. The molecule has 1 heterocycles. The quantitative estimate of drug-likeness (QED) is 0.174. The van der Waals surface area contributed by atoms with Crippen molar-refractivity contribution in [3.63, 3.8) is 0 Å². The third-order valence-electron chi connectivity index (χ3n) is 5.51. The van der Waals surface area contributed by atoms with Gasteiger partial charge in [-0.2, -0.15) is 0 Å². The van der Waals surface area contributed by atoms with Crippen LogP contribution in [-0.4, -0.2) is 52.5 Å². The molecule has 0 fully saturated rings. The zero-order valence-electron chi connectivity index (χ0n) is 18.6. The molecule has 0 spiro atoms. The lowest BCUT2D eigenvalue weighted by molar-refractivity contribution is -0.231. The second kappa shape index (κ2) is 13.9. The highest BCUT2D eigenvalue weighted by Gasteiger charge is 2.44. The summed E-state index contributed by atoms with van der Waals surface area (Å²) < 4.78 is 5.61. The summed E-state index contributed by atoms with van der Waals surface area (Å²) >= 11 is 0. The maximum atomic E-state index is 12.5. The second-order valence-electron chi connectivity index (χ2n) is 8.26. The molecule has 0 aliphatic carbocycles. The van der Waals surface area contributed by atoms with Crippen LogP contribution in [0.15, 0.2) is 11.6 Å². The molecule has 2 N–H and O–H groups in total. The number of carbonyl (C=O) groups excluding carboxylic acids is 2. The second-order valence-corrected chi connectivity index (χ2v) is 8.26. The van der Waals surface area contributed by atoms with Crippen molar-refractivity contribution < 1.29 is 24.5 Å². The zero-order valence-corrected chi connectivity index (χ0v) is 18.6. The van der Waals surface area contributed by atoms with E-state index in [4.69, 9.17) is 4.74 Å². The average Bonchev–Trinajstić information content (AvgIpc) is 2.63. The maximum absolute atomic E-state index is 12.5. The Bertz CT molecular complexity index is 529. The Balaban J connectivity index is 2.11. The number of hydrogen-bond acceptors (Lipinski definition) is 5. The van der Waals surface area contributed by atoms with Gasteiger partial charge in [-0.1, -0.05) is 70.3 Å². The third-order valence-corrected chi connectivity index (χ3v) is 5.51. The Morgan fingerprint density at radius 1 is 1.00 bits per heavy atom. The fourth-order valence-corrected chi connectivity index (χ4v) is 3.87. The molecule has 1 rings (SSSR count). The number of ketones is 1. The van der Waals surface area contributed by atoms with E-state index in [0.29, 0.717) is 25.2 Å². The summed E-state index contributed by atoms with van der Waals surface area (Å²) in [6.45, 7) is 6.42. The number of hydrogen-bond donors (Lipinski definition) is 2. The van der Waals surface area contributed by atoms with E-state index in [-0.39, 0.29) is 12.3 Å². The maximum Gasteiger partial charge on any atom is 0.270 e. The van der Waals surface area contributed by atoms with Gasteiger partial charge >= 0.3 is 0 Å². The van der Waals surface area contributed by atoms with Crippen molar-refractivity contribution >= 4 is 11.7 Å². The lowest BCUT2D eigenvalue weighted by Gasteiger charge is -2.39. The lowest BCUT2D eigenvalue weighted by Crippen LogP contribution is -2.57. The van der Waals surface area contributed by atoms with Gasteiger partial charge < -0.3 is 14.9 Å². The van der Waals surface area contributed by atoms with E-state index >= 15 is 0 Å². The molecule has 0 aromatic rings. The van der Waals surface area contributed by atoms with Crippen molar-refractivity contribution in [2.45, 2.75) is 97.3 Å². The van der Waals surface area contributed by atoms with E-state index in [2.05, 4.69) is 6.92 Å². The summed E-state index contributed by atoms with van der Waals surface area (Å²) in [6.07, 6.45) is 14.5. The number of aliphatic hydroxyl groups is 2. The van der Waals surface area contributed by atoms with Crippen LogP contribution in [0.4, 0.5) is 0 Å². The number of rotatable bonds is 16. The Labute approximate surface area is 176 Å². The Hall–Kier alpha value is -1.24. The fourth-order valence-electron chi connectivity index (χ4n) is 3.87. The highest BCUT2D eigenvalue weighted by atomic mass is 16.5. The van der Waals surface area contributed by atoms with Crippen LogP contribution >= 0.6 is 0 Å². The Morgan fingerprint density at radius 3 is 2.07 bits per heavy atom. The molecule has 1 amide bonds. The van der Waals surface area contributed by atoms with E-state index in [1.807, 2.05) is 0 Å². The monoisotopic (exact) mass is 411 g/mol. The van der Waals surface area contributed by atoms with E-state index in [1.54, 1.807) is 6.92 Å². The molecule has 0 aromatic heterocycles. The van der Waals surface area contributed by atoms with Gasteiger partial charge in [-0.05, 0) is 32.8 Å². The highest BCUT2D eigenvalue weighted by Crippen LogP contribution is 2.28. The van der Waals surface area contributed by atoms with Crippen molar-refractivity contribution in [2.24, 2.45) is 5.92 Å². The van der Waals surface area contributed by atoms with Crippen molar-refractivity contribution in [3.05, 3.63) is 11.6 Å². The van der Waals surface area contributed by atoms with Gasteiger partial charge in [0.1, 0.15) is 11.7 Å². The molecule has 1 aliphatic heterocycles. The van der Waals surface area contributed by atoms with E-state index < -0.39 is 17.7 Å². The van der Waals surface area contributed by atoms with Crippen molar-refractivity contribution in [2.75, 3.05) is 19.8 Å². The topological polar surface area (TPSA) is 87.1 Å². The van der Waals surface area contributed by atoms with Gasteiger partial charge in [-0.15, -0.1) is 0 Å². The molecule has 0 saturated heterocycles. The smallest absolute Gasteiger partial charge is 0.270 e. The Kier molecular flexibility index (Phi) is 12.4. The largest absolute Gasteiger partial charge is 0.381 e. The molecule has 168 valence electrons. The van der Waals surface area contributed by atoms with Crippen LogP contribution in [0.5, 0.6) is 0 Å². The summed E-state index contributed by atoms with van der Waals surface area (Å²) in [7, 11) is 0. The highest BCUT2D eigenvalue weighted by molar-refractivity contribution is 6.04. The minimum atomic E-state index is -2.34. The number of amides is 1. The predicted molar refractivity (Wildman–Crippen MR) is 114 cm³/mol. The van der Waals surface area contributed by atoms with Crippen LogP contribution < -0.4 is 0 Å². The van der Waals surface area contributed by atoms with Crippen LogP contribution in [0.3, 0.4) is 0 Å². The summed E-state index contributed by atoms with van der Waals surface area (Å²) in [5.74, 6) is -4.11. The van der Waals surface area contributed by atoms with Gasteiger partial charge in [0.15, 0.2) is 0 Å². The van der Waals surface area contributed by atoms with Gasteiger partial charge in [0.2, 0.25) is 5.91 Å². The zero-order chi connectivity index (χ0) is 21.7. The predicted octanol–water partition coefficient (Wildman–Crippen LogP) is 3.95. The van der Waals surface area contributed by atoms with E-state index in [9.17, 15) is 19.8 Å². The van der Waals surface area contributed by atoms with Gasteiger partial charge in [-0.25, -0.2) is 0 Å². The van der Waals surface area contributed by atoms with Crippen molar-refractivity contribution in [1.29, 1.82) is 0 Å². The van der Waals surface area contributed by atoms with Gasteiger partial charge in [0, 0.05) is 19.8 Å². The molecule has 1 aliphatic rings. The standard InChI is InChI=1S/C23H41NO5/c1-4-5-6-7-8-9-10-11-12-13-16-29-17-14-15-24-22(26)21(20(3)25)19(2)18-23(24,27)28/h18,21,27-28H,4-17H2,1-3H3. The first kappa shape index (κ1) is 25.8. The molecule has 0 aromatic carbocycles. The SMILES string of the molecule is CCCCCCCCCCCCOCCCN1C(=O)C(C(C)=O)C(C)=CC1(O)O. The minimum absolute atomic E-state index is 0.136. The molecule has 0 saturated carbocycles. The molecule has 1 atom stereocenters. The first-order valence-electron chi connectivity index (χ1n) is 11.3. The van der Waals surface area contributed by atoms with Crippen LogP contribution in [0, 0.1) is 5.92 Å². The molecular weight excluding hydrogens is 370 g/mol. The summed E-state index contributed by atoms with van der Waals surface area (Å²) in [6, 6.07) is 0. The van der Waals surface area contributed by atoms with Crippen molar-refractivity contribution in [3.8, 4) is 0 Å². The molecule has 0 bridgehead atoms. The van der Waals surface area contributed by atoms with E-state index in [0.717, 1.165) is 11.3 Å². The van der Waals surface area contributed by atoms with Crippen LogP contribution in [-0.2, 0) is 14.3 Å². The van der Waals surface area contributed by atoms with Gasteiger partial charge in [-0.3, -0.25) is 14.5 Å². The number of Topliss-reactive ketones (excluding diaryl/α,β-unsaturated/α-hetero) is 1. The molecule has 0 radical (unpaired) electrons. The molecule has 29 heavy (non-hydrogen) atoms. The number of nitrogens with zero attached hydrogens (tertiary/aromatic N) is 1. The van der Waals surface area contributed by atoms with Gasteiger partial charge in [0.05, 0.1) is 0 Å². The Morgan fingerprint density at radius 2 is 1.52 bits per heavy atom. The third kappa shape index (κ3) is 9.41. The summed E-state index contributed by atoms with van der Waals surface area (Å²) in [5, 5.41) is 20.2. The van der Waals surface area contributed by atoms with Crippen LogP contribution in [0.2, 0.25) is 0 Å². The summed E-state index contributed by atoms with van der Waals surface area (Å²) in [5.41, 5.74) is 0.376. The minimum Gasteiger partial charge on any atom is -0.381 e.